The molecular weight excluding hydrogens is 250 g/mol. The summed E-state index contributed by atoms with van der Waals surface area (Å²) < 4.78 is 6.27. The van der Waals surface area contributed by atoms with Crippen LogP contribution in [0.5, 0.6) is 5.75 Å². The van der Waals surface area contributed by atoms with Crippen molar-refractivity contribution in [2.24, 2.45) is 0 Å². The molecule has 3 aliphatic rings. The Bertz CT molecular complexity index is 528. The number of carbonyl (C=O) groups excluding carboxylic acids is 1. The molecule has 1 aliphatic carbocycles. The van der Waals surface area contributed by atoms with E-state index in [4.69, 9.17) is 4.74 Å². The molecule has 1 aromatic carbocycles. The largest absolute Gasteiger partial charge is 0.487 e. The zero-order valence-electron chi connectivity index (χ0n) is 11.8. The number of rotatable bonds is 2. The van der Waals surface area contributed by atoms with Gasteiger partial charge in [0.1, 0.15) is 17.6 Å². The predicted octanol–water partition coefficient (Wildman–Crippen LogP) is 2.82. The summed E-state index contributed by atoms with van der Waals surface area (Å²) in [6, 6.07) is 6.71. The van der Waals surface area contributed by atoms with Gasteiger partial charge in [-0.1, -0.05) is 18.6 Å². The average molecular weight is 271 g/mol. The lowest BCUT2D eigenvalue weighted by Gasteiger charge is -2.45. The number of nitrogens with zero attached hydrogens (tertiary/aromatic N) is 1. The lowest BCUT2D eigenvalue weighted by molar-refractivity contribution is -0.00748. The van der Waals surface area contributed by atoms with Gasteiger partial charge in [-0.2, -0.15) is 0 Å². The Hall–Kier alpha value is -1.35. The molecule has 0 radical (unpaired) electrons. The first kappa shape index (κ1) is 12.4. The molecule has 4 rings (SSSR count). The summed E-state index contributed by atoms with van der Waals surface area (Å²) in [5.74, 6) is 0.937. The van der Waals surface area contributed by atoms with Crippen molar-refractivity contribution in [1.82, 2.24) is 4.90 Å². The third-order valence-electron chi connectivity index (χ3n) is 5.37. The van der Waals surface area contributed by atoms with Crippen molar-refractivity contribution < 1.29 is 9.53 Å². The minimum absolute atomic E-state index is 0.00406. The molecule has 2 heterocycles. The number of carbonyl (C=O) groups is 1. The molecule has 0 bridgehead atoms. The fourth-order valence-corrected chi connectivity index (χ4v) is 3.83. The summed E-state index contributed by atoms with van der Waals surface area (Å²) in [6.45, 7) is 2.33. The normalized spacial score (nSPS) is 25.0. The maximum Gasteiger partial charge on any atom is 0.150 e. The Morgan fingerprint density at radius 1 is 1.25 bits per heavy atom. The fourth-order valence-electron chi connectivity index (χ4n) is 3.83. The molecular formula is C17H21NO2. The van der Waals surface area contributed by atoms with Crippen LogP contribution in [0.2, 0.25) is 0 Å². The molecule has 0 aromatic heterocycles. The van der Waals surface area contributed by atoms with Crippen molar-refractivity contribution >= 4 is 6.29 Å². The zero-order valence-corrected chi connectivity index (χ0v) is 11.8. The van der Waals surface area contributed by atoms with Gasteiger partial charge in [-0.05, 0) is 24.5 Å². The van der Waals surface area contributed by atoms with Gasteiger partial charge in [0.05, 0.1) is 0 Å². The second kappa shape index (κ2) is 4.59. The van der Waals surface area contributed by atoms with Crippen LogP contribution in [-0.2, 0) is 6.42 Å². The van der Waals surface area contributed by atoms with Crippen molar-refractivity contribution in [3.8, 4) is 5.75 Å². The first-order chi connectivity index (χ1) is 9.78. The highest BCUT2D eigenvalue weighted by Crippen LogP contribution is 2.42. The zero-order chi connectivity index (χ0) is 13.6. The Labute approximate surface area is 119 Å². The Kier molecular flexibility index (Phi) is 2.84. The van der Waals surface area contributed by atoms with E-state index >= 15 is 0 Å². The number of hydrogen-bond acceptors (Lipinski definition) is 3. The fraction of sp³-hybridized carbons (Fsp3) is 0.588. The number of ether oxygens (including phenoxy) is 1. The van der Waals surface area contributed by atoms with Crippen LogP contribution in [0.4, 0.5) is 0 Å². The van der Waals surface area contributed by atoms with Crippen LogP contribution in [0.25, 0.3) is 0 Å². The van der Waals surface area contributed by atoms with Gasteiger partial charge < -0.3 is 9.64 Å². The van der Waals surface area contributed by atoms with E-state index in [2.05, 4.69) is 11.0 Å². The van der Waals surface area contributed by atoms with Gasteiger partial charge in [0.2, 0.25) is 0 Å². The van der Waals surface area contributed by atoms with Crippen molar-refractivity contribution in [2.45, 2.75) is 50.2 Å². The molecule has 0 unspecified atom stereocenters. The van der Waals surface area contributed by atoms with Gasteiger partial charge in [0.25, 0.3) is 0 Å². The van der Waals surface area contributed by atoms with Crippen LogP contribution in [0, 0.1) is 0 Å². The molecule has 1 saturated heterocycles. The van der Waals surface area contributed by atoms with Gasteiger partial charge in [-0.3, -0.25) is 4.79 Å². The molecule has 3 nitrogen and oxygen atoms in total. The highest BCUT2D eigenvalue weighted by Gasteiger charge is 2.43. The number of fused-ring (bicyclic) bond motifs is 1. The van der Waals surface area contributed by atoms with Gasteiger partial charge in [0.15, 0.2) is 0 Å². The minimum Gasteiger partial charge on any atom is -0.487 e. The van der Waals surface area contributed by atoms with E-state index in [0.29, 0.717) is 5.56 Å². The summed E-state index contributed by atoms with van der Waals surface area (Å²) in [7, 11) is 0. The number of aldehydes is 1. The van der Waals surface area contributed by atoms with E-state index < -0.39 is 0 Å². The summed E-state index contributed by atoms with van der Waals surface area (Å²) in [6.07, 6.45) is 8.33. The SMILES string of the molecule is O=Cc1ccc2c(c1)OC1(CCN(C3CCC3)CC1)C2. The molecule has 1 spiro atoms. The molecule has 1 aromatic rings. The predicted molar refractivity (Wildman–Crippen MR) is 77.3 cm³/mol. The number of piperidine rings is 1. The summed E-state index contributed by atoms with van der Waals surface area (Å²) in [5, 5.41) is 0. The molecule has 0 atom stereocenters. The third-order valence-corrected chi connectivity index (χ3v) is 5.37. The lowest BCUT2D eigenvalue weighted by Crippen LogP contribution is -2.52. The van der Waals surface area contributed by atoms with E-state index in [1.54, 1.807) is 0 Å². The Morgan fingerprint density at radius 3 is 2.70 bits per heavy atom. The summed E-state index contributed by atoms with van der Waals surface area (Å²) in [4.78, 5) is 13.5. The Balaban J connectivity index is 1.47. The molecule has 20 heavy (non-hydrogen) atoms. The quantitative estimate of drug-likeness (QED) is 0.775. The number of likely N-dealkylation sites (tertiary alicyclic amines) is 1. The maximum atomic E-state index is 10.9. The first-order valence-electron chi connectivity index (χ1n) is 7.79. The first-order valence-corrected chi connectivity index (χ1v) is 7.79. The average Bonchev–Trinajstić information content (AvgIpc) is 2.76. The van der Waals surface area contributed by atoms with E-state index in [-0.39, 0.29) is 5.60 Å². The van der Waals surface area contributed by atoms with Gasteiger partial charge in [-0.25, -0.2) is 0 Å². The molecule has 0 amide bonds. The van der Waals surface area contributed by atoms with Crippen molar-refractivity contribution in [3.05, 3.63) is 29.3 Å². The highest BCUT2D eigenvalue weighted by molar-refractivity contribution is 5.76. The summed E-state index contributed by atoms with van der Waals surface area (Å²) in [5.41, 5.74) is 1.99. The van der Waals surface area contributed by atoms with E-state index in [9.17, 15) is 4.79 Å². The van der Waals surface area contributed by atoms with Crippen molar-refractivity contribution in [3.63, 3.8) is 0 Å². The van der Waals surface area contributed by atoms with Crippen LogP contribution in [0.15, 0.2) is 18.2 Å². The molecule has 106 valence electrons. The molecule has 2 aliphatic heterocycles. The second-order valence-corrected chi connectivity index (χ2v) is 6.57. The Morgan fingerprint density at radius 2 is 2.05 bits per heavy atom. The third kappa shape index (κ3) is 1.96. The van der Waals surface area contributed by atoms with E-state index in [1.807, 2.05) is 12.1 Å². The van der Waals surface area contributed by atoms with Crippen LogP contribution in [-0.4, -0.2) is 35.9 Å². The van der Waals surface area contributed by atoms with Crippen LogP contribution < -0.4 is 4.74 Å². The van der Waals surface area contributed by atoms with Gasteiger partial charge >= 0.3 is 0 Å². The monoisotopic (exact) mass is 271 g/mol. The number of benzene rings is 1. The van der Waals surface area contributed by atoms with E-state index in [0.717, 1.165) is 37.3 Å². The standard InChI is InChI=1S/C17H21NO2/c19-12-13-4-5-14-11-17(20-16(14)10-13)6-8-18(9-7-17)15-2-1-3-15/h4-5,10,12,15H,1-3,6-9,11H2. The second-order valence-electron chi connectivity index (χ2n) is 6.57. The smallest absolute Gasteiger partial charge is 0.150 e. The molecule has 2 fully saturated rings. The minimum atomic E-state index is 0.00406. The maximum absolute atomic E-state index is 10.9. The summed E-state index contributed by atoms with van der Waals surface area (Å²) >= 11 is 0. The lowest BCUT2D eigenvalue weighted by atomic mass is 9.84. The van der Waals surface area contributed by atoms with E-state index in [1.165, 1.54) is 37.9 Å². The topological polar surface area (TPSA) is 29.5 Å². The van der Waals surface area contributed by atoms with Gasteiger partial charge in [0, 0.05) is 44.0 Å². The van der Waals surface area contributed by atoms with Crippen molar-refractivity contribution in [1.29, 1.82) is 0 Å². The van der Waals surface area contributed by atoms with Crippen LogP contribution in [0.1, 0.15) is 48.0 Å². The number of hydrogen-bond donors (Lipinski definition) is 0. The molecule has 0 N–H and O–H groups in total. The van der Waals surface area contributed by atoms with Crippen LogP contribution in [0.3, 0.4) is 0 Å². The van der Waals surface area contributed by atoms with Crippen molar-refractivity contribution in [2.75, 3.05) is 13.1 Å². The highest BCUT2D eigenvalue weighted by atomic mass is 16.5. The molecule has 3 heteroatoms. The van der Waals surface area contributed by atoms with Gasteiger partial charge in [-0.15, -0.1) is 0 Å². The molecule has 1 saturated carbocycles. The van der Waals surface area contributed by atoms with Crippen LogP contribution >= 0.6 is 0 Å².